The molecule has 0 amide bonds. The van der Waals surface area contributed by atoms with Crippen molar-refractivity contribution in [1.29, 1.82) is 0 Å². The van der Waals surface area contributed by atoms with E-state index in [4.69, 9.17) is 0 Å². The highest BCUT2D eigenvalue weighted by molar-refractivity contribution is 9.10. The Morgan fingerprint density at radius 1 is 1.59 bits per heavy atom. The van der Waals surface area contributed by atoms with E-state index < -0.39 is 0 Å². The molecule has 0 saturated carbocycles. The molecule has 0 heterocycles. The molecule has 0 saturated heterocycles. The van der Waals surface area contributed by atoms with Gasteiger partial charge in [-0.1, -0.05) is 21.5 Å². The first-order valence-electron chi connectivity index (χ1n) is 5.25. The zero-order valence-electron chi connectivity index (χ0n) is 10.0. The van der Waals surface area contributed by atoms with Gasteiger partial charge in [0.1, 0.15) is 0 Å². The number of halogens is 1. The Hall–Kier alpha value is -1.20. The third-order valence-electron chi connectivity index (χ3n) is 2.69. The van der Waals surface area contributed by atoms with Crippen molar-refractivity contribution in [3.63, 3.8) is 0 Å². The van der Waals surface area contributed by atoms with Crippen molar-refractivity contribution in [2.75, 3.05) is 7.05 Å². The Labute approximate surface area is 109 Å². The van der Waals surface area contributed by atoms with Gasteiger partial charge in [-0.2, -0.15) is 0 Å². The van der Waals surface area contributed by atoms with E-state index in [9.17, 15) is 10.1 Å². The number of hydrogen-bond donors (Lipinski definition) is 1. The van der Waals surface area contributed by atoms with Crippen molar-refractivity contribution in [2.24, 2.45) is 0 Å². The number of nitro groups is 1. The lowest BCUT2D eigenvalue weighted by atomic mass is 10.1. The van der Waals surface area contributed by atoms with Crippen LogP contribution in [-0.4, -0.2) is 18.0 Å². The van der Waals surface area contributed by atoms with Gasteiger partial charge in [0.2, 0.25) is 0 Å². The van der Waals surface area contributed by atoms with Gasteiger partial charge in [0.25, 0.3) is 5.69 Å². The molecule has 0 aliphatic rings. The molecule has 1 rings (SSSR count). The summed E-state index contributed by atoms with van der Waals surface area (Å²) in [4.78, 5) is 10.6. The lowest BCUT2D eigenvalue weighted by Crippen LogP contribution is -2.22. The zero-order chi connectivity index (χ0) is 13.0. The van der Waals surface area contributed by atoms with E-state index in [1.165, 1.54) is 6.07 Å². The van der Waals surface area contributed by atoms with Crippen LogP contribution in [0.2, 0.25) is 0 Å². The number of nitrogens with zero attached hydrogens (tertiary/aromatic N) is 1. The van der Waals surface area contributed by atoms with E-state index in [2.05, 4.69) is 21.2 Å². The molecule has 1 unspecified atom stereocenters. The van der Waals surface area contributed by atoms with Gasteiger partial charge in [-0.05, 0) is 39.1 Å². The lowest BCUT2D eigenvalue weighted by Gasteiger charge is -2.10. The lowest BCUT2D eigenvalue weighted by molar-refractivity contribution is -0.385. The summed E-state index contributed by atoms with van der Waals surface area (Å²) in [5.41, 5.74) is 1.79. The molecule has 0 spiro atoms. The summed E-state index contributed by atoms with van der Waals surface area (Å²) in [5.74, 6) is 0. The SMILES string of the molecule is CNC(C)/C(C)=C/c1ccc(Br)cc1[N+](=O)[O-]. The summed E-state index contributed by atoms with van der Waals surface area (Å²) in [7, 11) is 1.86. The molecule has 92 valence electrons. The van der Waals surface area contributed by atoms with Crippen LogP contribution in [0.15, 0.2) is 28.2 Å². The number of likely N-dealkylation sites (N-methyl/N-ethyl adjacent to an activating group) is 1. The van der Waals surface area contributed by atoms with Crippen LogP contribution < -0.4 is 5.32 Å². The van der Waals surface area contributed by atoms with Gasteiger partial charge < -0.3 is 5.32 Å². The minimum absolute atomic E-state index is 0.113. The maximum atomic E-state index is 10.9. The third kappa shape index (κ3) is 3.64. The Balaban J connectivity index is 3.18. The van der Waals surface area contributed by atoms with Gasteiger partial charge in [-0.15, -0.1) is 0 Å². The highest BCUT2D eigenvalue weighted by Gasteiger charge is 2.13. The number of nitrogens with one attached hydrogen (secondary N) is 1. The molecule has 5 heteroatoms. The summed E-state index contributed by atoms with van der Waals surface area (Å²) in [6, 6.07) is 5.26. The minimum Gasteiger partial charge on any atom is -0.314 e. The number of nitro benzene ring substituents is 1. The highest BCUT2D eigenvalue weighted by Crippen LogP contribution is 2.25. The highest BCUT2D eigenvalue weighted by atomic mass is 79.9. The first kappa shape index (κ1) is 13.9. The van der Waals surface area contributed by atoms with E-state index in [-0.39, 0.29) is 16.7 Å². The van der Waals surface area contributed by atoms with E-state index in [1.807, 2.05) is 27.0 Å². The maximum Gasteiger partial charge on any atom is 0.277 e. The summed E-state index contributed by atoms with van der Waals surface area (Å²) >= 11 is 3.24. The summed E-state index contributed by atoms with van der Waals surface area (Å²) in [5, 5.41) is 14.0. The smallest absolute Gasteiger partial charge is 0.277 e. The molecule has 0 radical (unpaired) electrons. The van der Waals surface area contributed by atoms with Crippen molar-refractivity contribution < 1.29 is 4.92 Å². The Bertz CT molecular complexity index is 458. The van der Waals surface area contributed by atoms with Gasteiger partial charge >= 0.3 is 0 Å². The quantitative estimate of drug-likeness (QED) is 0.685. The van der Waals surface area contributed by atoms with Crippen LogP contribution in [0.5, 0.6) is 0 Å². The second kappa shape index (κ2) is 5.93. The number of benzene rings is 1. The van der Waals surface area contributed by atoms with Crippen LogP contribution in [0.3, 0.4) is 0 Å². The maximum absolute atomic E-state index is 10.9. The molecule has 1 atom stereocenters. The van der Waals surface area contributed by atoms with Gasteiger partial charge in [0.15, 0.2) is 0 Å². The van der Waals surface area contributed by atoms with E-state index >= 15 is 0 Å². The Morgan fingerprint density at radius 3 is 2.76 bits per heavy atom. The molecular formula is C12H15BrN2O2. The largest absolute Gasteiger partial charge is 0.314 e. The number of rotatable bonds is 4. The van der Waals surface area contributed by atoms with Crippen molar-refractivity contribution in [3.05, 3.63) is 43.9 Å². The molecule has 0 bridgehead atoms. The van der Waals surface area contributed by atoms with Crippen LogP contribution in [-0.2, 0) is 0 Å². The van der Waals surface area contributed by atoms with Gasteiger partial charge in [-0.25, -0.2) is 0 Å². The Kier molecular flexibility index (Phi) is 4.84. The molecule has 0 aliphatic heterocycles. The van der Waals surface area contributed by atoms with Crippen molar-refractivity contribution in [1.82, 2.24) is 5.32 Å². The molecule has 4 nitrogen and oxygen atoms in total. The first-order valence-corrected chi connectivity index (χ1v) is 6.04. The van der Waals surface area contributed by atoms with E-state index in [1.54, 1.807) is 12.1 Å². The molecule has 0 aromatic heterocycles. The summed E-state index contributed by atoms with van der Waals surface area (Å²) in [6.07, 6.45) is 1.84. The topological polar surface area (TPSA) is 55.2 Å². The monoisotopic (exact) mass is 298 g/mol. The zero-order valence-corrected chi connectivity index (χ0v) is 11.6. The average Bonchev–Trinajstić information content (AvgIpc) is 2.29. The van der Waals surface area contributed by atoms with Crippen LogP contribution >= 0.6 is 15.9 Å². The fourth-order valence-electron chi connectivity index (χ4n) is 1.39. The van der Waals surface area contributed by atoms with Crippen molar-refractivity contribution >= 4 is 27.7 Å². The molecule has 0 fully saturated rings. The third-order valence-corrected chi connectivity index (χ3v) is 3.18. The minimum atomic E-state index is -0.367. The van der Waals surface area contributed by atoms with Gasteiger partial charge in [-0.3, -0.25) is 10.1 Å². The van der Waals surface area contributed by atoms with E-state index in [0.29, 0.717) is 10.0 Å². The fourth-order valence-corrected chi connectivity index (χ4v) is 1.74. The standard InChI is InChI=1S/C12H15BrN2O2/c1-8(9(2)14-3)6-10-4-5-11(13)7-12(10)15(16)17/h4-7,9,14H,1-3H3/b8-6+. The van der Waals surface area contributed by atoms with Crippen LogP contribution in [0.1, 0.15) is 19.4 Å². The second-order valence-electron chi connectivity index (χ2n) is 3.86. The molecule has 1 aromatic carbocycles. The van der Waals surface area contributed by atoms with Gasteiger partial charge in [0, 0.05) is 16.6 Å². The van der Waals surface area contributed by atoms with Crippen LogP contribution in [0.25, 0.3) is 6.08 Å². The predicted molar refractivity (Wildman–Crippen MR) is 73.0 cm³/mol. The normalized spacial score (nSPS) is 13.5. The van der Waals surface area contributed by atoms with E-state index in [0.717, 1.165) is 5.57 Å². The van der Waals surface area contributed by atoms with Crippen LogP contribution in [0, 0.1) is 10.1 Å². The summed E-state index contributed by atoms with van der Waals surface area (Å²) in [6.45, 7) is 3.96. The molecular weight excluding hydrogens is 284 g/mol. The fraction of sp³-hybridized carbons (Fsp3) is 0.333. The Morgan fingerprint density at radius 2 is 2.24 bits per heavy atom. The number of hydrogen-bond acceptors (Lipinski definition) is 3. The molecule has 1 N–H and O–H groups in total. The van der Waals surface area contributed by atoms with Crippen molar-refractivity contribution in [2.45, 2.75) is 19.9 Å². The van der Waals surface area contributed by atoms with Crippen molar-refractivity contribution in [3.8, 4) is 0 Å². The first-order chi connectivity index (χ1) is 7.95. The van der Waals surface area contributed by atoms with Crippen LogP contribution in [0.4, 0.5) is 5.69 Å². The summed E-state index contributed by atoms with van der Waals surface area (Å²) < 4.78 is 0.709. The molecule has 0 aliphatic carbocycles. The molecule has 17 heavy (non-hydrogen) atoms. The second-order valence-corrected chi connectivity index (χ2v) is 4.77. The predicted octanol–water partition coefficient (Wildman–Crippen LogP) is 3.37. The molecule has 1 aromatic rings. The average molecular weight is 299 g/mol. The van der Waals surface area contributed by atoms with Gasteiger partial charge in [0.05, 0.1) is 10.5 Å².